The third-order valence-corrected chi connectivity index (χ3v) is 3.26. The molecule has 1 aromatic heterocycles. The van der Waals surface area contributed by atoms with Crippen molar-refractivity contribution in [1.82, 2.24) is 9.88 Å². The molecule has 1 N–H and O–H groups in total. The molecular formula is C16H17F3N2O2. The zero-order chi connectivity index (χ0) is 17.4. The van der Waals surface area contributed by atoms with Crippen LogP contribution in [0.15, 0.2) is 29.1 Å². The number of amides is 1. The van der Waals surface area contributed by atoms with Crippen LogP contribution in [0.5, 0.6) is 0 Å². The SMILES string of the molecule is Cc1ccc2cc(C(=O)NC(C)C)n(CC(F)(F)F)c(=O)c2c1. The Morgan fingerprint density at radius 3 is 2.48 bits per heavy atom. The van der Waals surface area contributed by atoms with E-state index in [1.807, 2.05) is 0 Å². The molecule has 1 heterocycles. The fourth-order valence-electron chi connectivity index (χ4n) is 2.32. The summed E-state index contributed by atoms with van der Waals surface area (Å²) >= 11 is 0. The van der Waals surface area contributed by atoms with Crippen molar-refractivity contribution in [3.63, 3.8) is 0 Å². The fraction of sp³-hybridized carbons (Fsp3) is 0.375. The molecule has 0 radical (unpaired) electrons. The third kappa shape index (κ3) is 3.91. The lowest BCUT2D eigenvalue weighted by molar-refractivity contribution is -0.141. The Labute approximate surface area is 130 Å². The summed E-state index contributed by atoms with van der Waals surface area (Å²) in [6.07, 6.45) is -4.60. The number of nitrogens with zero attached hydrogens (tertiary/aromatic N) is 1. The van der Waals surface area contributed by atoms with Crippen LogP contribution in [0.25, 0.3) is 10.8 Å². The molecule has 0 aliphatic rings. The molecule has 0 aliphatic carbocycles. The number of aryl methyl sites for hydroxylation is 1. The van der Waals surface area contributed by atoms with Crippen LogP contribution < -0.4 is 10.9 Å². The Hall–Kier alpha value is -2.31. The number of pyridine rings is 1. The summed E-state index contributed by atoms with van der Waals surface area (Å²) in [5.74, 6) is -0.705. The Bertz CT molecular complexity index is 807. The van der Waals surface area contributed by atoms with Gasteiger partial charge in [-0.3, -0.25) is 14.2 Å². The Morgan fingerprint density at radius 1 is 1.26 bits per heavy atom. The average Bonchev–Trinajstić information content (AvgIpc) is 2.40. The summed E-state index contributed by atoms with van der Waals surface area (Å²) in [4.78, 5) is 24.6. The number of hydrogen-bond acceptors (Lipinski definition) is 2. The van der Waals surface area contributed by atoms with Crippen LogP contribution in [0.1, 0.15) is 29.9 Å². The van der Waals surface area contributed by atoms with E-state index in [2.05, 4.69) is 5.32 Å². The van der Waals surface area contributed by atoms with Crippen LogP contribution in [0, 0.1) is 6.92 Å². The number of nitrogens with one attached hydrogen (secondary N) is 1. The summed E-state index contributed by atoms with van der Waals surface area (Å²) in [5, 5.41) is 3.12. The Balaban J connectivity index is 2.72. The van der Waals surface area contributed by atoms with Gasteiger partial charge in [-0.2, -0.15) is 13.2 Å². The second-order valence-corrected chi connectivity index (χ2v) is 5.75. The van der Waals surface area contributed by atoms with Gasteiger partial charge in [-0.25, -0.2) is 0 Å². The van der Waals surface area contributed by atoms with E-state index in [1.165, 1.54) is 12.1 Å². The largest absolute Gasteiger partial charge is 0.406 e. The first-order valence-electron chi connectivity index (χ1n) is 7.10. The monoisotopic (exact) mass is 326 g/mol. The van der Waals surface area contributed by atoms with Crippen LogP contribution in [0.4, 0.5) is 13.2 Å². The highest BCUT2D eigenvalue weighted by molar-refractivity contribution is 5.97. The van der Waals surface area contributed by atoms with Gasteiger partial charge in [0, 0.05) is 11.4 Å². The maximum absolute atomic E-state index is 12.8. The quantitative estimate of drug-likeness (QED) is 0.943. The van der Waals surface area contributed by atoms with Crippen molar-refractivity contribution in [2.24, 2.45) is 0 Å². The number of alkyl halides is 3. The van der Waals surface area contributed by atoms with Crippen molar-refractivity contribution in [3.05, 3.63) is 45.9 Å². The van der Waals surface area contributed by atoms with Gasteiger partial charge in [-0.15, -0.1) is 0 Å². The average molecular weight is 326 g/mol. The van der Waals surface area contributed by atoms with Crippen molar-refractivity contribution in [3.8, 4) is 0 Å². The number of benzene rings is 1. The van der Waals surface area contributed by atoms with Gasteiger partial charge in [-0.05, 0) is 38.3 Å². The molecular weight excluding hydrogens is 309 g/mol. The number of halogens is 3. The smallest absolute Gasteiger partial charge is 0.349 e. The zero-order valence-electron chi connectivity index (χ0n) is 13.0. The molecule has 0 saturated carbocycles. The number of hydrogen-bond donors (Lipinski definition) is 1. The maximum Gasteiger partial charge on any atom is 0.406 e. The normalized spacial score (nSPS) is 12.0. The van der Waals surface area contributed by atoms with E-state index >= 15 is 0 Å². The van der Waals surface area contributed by atoms with E-state index in [9.17, 15) is 22.8 Å². The molecule has 2 aromatic rings. The number of fused-ring (bicyclic) bond motifs is 1. The number of carbonyl (C=O) groups excluding carboxylic acids is 1. The maximum atomic E-state index is 12.8. The molecule has 7 heteroatoms. The summed E-state index contributed by atoms with van der Waals surface area (Å²) in [7, 11) is 0. The standard InChI is InChI=1S/C16H17F3N2O2/c1-9(2)20-14(22)13-7-11-5-4-10(3)6-12(11)15(23)21(13)8-16(17,18)19/h4-7,9H,8H2,1-3H3,(H,20,22). The van der Waals surface area contributed by atoms with E-state index in [0.717, 1.165) is 5.56 Å². The van der Waals surface area contributed by atoms with Crippen molar-refractivity contribution < 1.29 is 18.0 Å². The van der Waals surface area contributed by atoms with Gasteiger partial charge in [0.05, 0.1) is 0 Å². The molecule has 0 saturated heterocycles. The zero-order valence-corrected chi connectivity index (χ0v) is 13.0. The summed E-state index contributed by atoms with van der Waals surface area (Å²) in [6.45, 7) is 3.62. The van der Waals surface area contributed by atoms with Crippen molar-refractivity contribution in [2.75, 3.05) is 0 Å². The van der Waals surface area contributed by atoms with E-state index in [0.29, 0.717) is 9.95 Å². The van der Waals surface area contributed by atoms with E-state index in [1.54, 1.807) is 32.9 Å². The van der Waals surface area contributed by atoms with Gasteiger partial charge in [0.15, 0.2) is 0 Å². The first-order valence-corrected chi connectivity index (χ1v) is 7.10. The third-order valence-electron chi connectivity index (χ3n) is 3.26. The molecule has 0 aliphatic heterocycles. The van der Waals surface area contributed by atoms with Crippen LogP contribution in [-0.2, 0) is 6.54 Å². The molecule has 23 heavy (non-hydrogen) atoms. The lowest BCUT2D eigenvalue weighted by atomic mass is 10.1. The highest BCUT2D eigenvalue weighted by atomic mass is 19.4. The highest BCUT2D eigenvalue weighted by Gasteiger charge is 2.31. The molecule has 2 rings (SSSR count). The second-order valence-electron chi connectivity index (χ2n) is 5.75. The topological polar surface area (TPSA) is 51.1 Å². The van der Waals surface area contributed by atoms with Gasteiger partial charge < -0.3 is 5.32 Å². The molecule has 0 unspecified atom stereocenters. The van der Waals surface area contributed by atoms with Gasteiger partial charge in [0.1, 0.15) is 12.2 Å². The molecule has 4 nitrogen and oxygen atoms in total. The van der Waals surface area contributed by atoms with Crippen LogP contribution in [-0.4, -0.2) is 22.7 Å². The van der Waals surface area contributed by atoms with Gasteiger partial charge in [0.25, 0.3) is 11.5 Å². The van der Waals surface area contributed by atoms with E-state index in [-0.39, 0.29) is 17.1 Å². The van der Waals surface area contributed by atoms with Gasteiger partial charge in [0.2, 0.25) is 0 Å². The van der Waals surface area contributed by atoms with E-state index < -0.39 is 24.2 Å². The lowest BCUT2D eigenvalue weighted by Crippen LogP contribution is -2.38. The summed E-state index contributed by atoms with van der Waals surface area (Å²) in [5.41, 5.74) is -0.359. The minimum Gasteiger partial charge on any atom is -0.349 e. The molecule has 0 fully saturated rings. The Kier molecular flexibility index (Phi) is 4.49. The predicted octanol–water partition coefficient (Wildman–Crippen LogP) is 3.01. The van der Waals surface area contributed by atoms with Crippen LogP contribution in [0.3, 0.4) is 0 Å². The second kappa shape index (κ2) is 6.06. The molecule has 1 amide bonds. The van der Waals surface area contributed by atoms with Crippen LogP contribution in [0.2, 0.25) is 0 Å². The van der Waals surface area contributed by atoms with Crippen molar-refractivity contribution in [1.29, 1.82) is 0 Å². The number of rotatable bonds is 3. The molecule has 0 spiro atoms. The molecule has 0 bridgehead atoms. The first kappa shape index (κ1) is 17.1. The van der Waals surface area contributed by atoms with E-state index in [4.69, 9.17) is 0 Å². The highest BCUT2D eigenvalue weighted by Crippen LogP contribution is 2.20. The Morgan fingerprint density at radius 2 is 1.91 bits per heavy atom. The molecule has 124 valence electrons. The fourth-order valence-corrected chi connectivity index (χ4v) is 2.32. The number of aromatic nitrogens is 1. The molecule has 1 aromatic carbocycles. The van der Waals surface area contributed by atoms with Gasteiger partial charge >= 0.3 is 6.18 Å². The summed E-state index contributed by atoms with van der Waals surface area (Å²) in [6, 6.07) is 5.94. The molecule has 0 atom stereocenters. The van der Waals surface area contributed by atoms with Crippen molar-refractivity contribution >= 4 is 16.7 Å². The van der Waals surface area contributed by atoms with Crippen LogP contribution >= 0.6 is 0 Å². The predicted molar refractivity (Wildman–Crippen MR) is 81.6 cm³/mol. The first-order chi connectivity index (χ1) is 10.6. The van der Waals surface area contributed by atoms with Gasteiger partial charge in [-0.1, -0.05) is 17.7 Å². The number of carbonyl (C=O) groups is 1. The van der Waals surface area contributed by atoms with Crippen molar-refractivity contribution in [2.45, 2.75) is 39.5 Å². The summed E-state index contributed by atoms with van der Waals surface area (Å²) < 4.78 is 38.9. The lowest BCUT2D eigenvalue weighted by Gasteiger charge is -2.17. The minimum absolute atomic E-state index is 0.162. The minimum atomic E-state index is -4.60.